The van der Waals surface area contributed by atoms with E-state index in [-0.39, 0.29) is 5.56 Å². The van der Waals surface area contributed by atoms with Gasteiger partial charge in [0, 0.05) is 3.58 Å². The molecule has 0 aliphatic carbocycles. The Morgan fingerprint density at radius 2 is 1.42 bits per heavy atom. The maximum Gasteiger partial charge on any atom is 0.457 e. The molecule has 0 fully saturated rings. The van der Waals surface area contributed by atoms with E-state index in [4.69, 9.17) is 0 Å². The average Bonchev–Trinajstić information content (AvgIpc) is 2.51. The van der Waals surface area contributed by atoms with Crippen LogP contribution in [0.4, 0.5) is 39.5 Å². The van der Waals surface area contributed by atoms with Crippen LogP contribution < -0.4 is 0 Å². The van der Waals surface area contributed by atoms with Crippen LogP contribution >= 0.6 is 22.6 Å². The lowest BCUT2D eigenvalue weighted by molar-refractivity contribution is -0.369. The minimum atomic E-state index is -6.80. The zero-order valence-electron chi connectivity index (χ0n) is 12.3. The Morgan fingerprint density at radius 1 is 0.923 bits per heavy atom. The third kappa shape index (κ3) is 4.62. The Balaban J connectivity index is 3.09. The first-order valence-corrected chi connectivity index (χ1v) is 7.51. The summed E-state index contributed by atoms with van der Waals surface area (Å²) >= 11 is 0.871. The number of benzene rings is 1. The molecule has 1 rings (SSSR count). The highest BCUT2D eigenvalue weighted by Gasteiger charge is 2.80. The molecule has 1 unspecified atom stereocenters. The Labute approximate surface area is 154 Å². The summed E-state index contributed by atoms with van der Waals surface area (Å²) in [7, 11) is 0. The van der Waals surface area contributed by atoms with Gasteiger partial charge in [-0.2, -0.15) is 35.1 Å². The molecule has 0 radical (unpaired) electrons. The van der Waals surface area contributed by atoms with Gasteiger partial charge in [-0.1, -0.05) is 18.2 Å². The SMILES string of the molecule is O=C(OC/C(I)=C/C(F)(C(F)(F)F)C(F)(F)C(F)(F)F)c1ccccc1. The summed E-state index contributed by atoms with van der Waals surface area (Å²) in [6, 6.07) is 6.87. The second-order valence-electron chi connectivity index (χ2n) is 4.82. The summed E-state index contributed by atoms with van der Waals surface area (Å²) < 4.78 is 118. The molecular weight excluding hydrogens is 498 g/mol. The van der Waals surface area contributed by atoms with Gasteiger partial charge in [0.2, 0.25) is 0 Å². The molecule has 0 aliphatic heterocycles. The van der Waals surface area contributed by atoms with Crippen LogP contribution in [-0.4, -0.2) is 36.5 Å². The van der Waals surface area contributed by atoms with E-state index in [1.165, 1.54) is 30.3 Å². The van der Waals surface area contributed by atoms with E-state index < -0.39 is 46.2 Å². The van der Waals surface area contributed by atoms with Gasteiger partial charge in [-0.25, -0.2) is 9.18 Å². The monoisotopic (exact) mass is 506 g/mol. The van der Waals surface area contributed by atoms with E-state index in [1.54, 1.807) is 0 Å². The van der Waals surface area contributed by atoms with Gasteiger partial charge in [-0.05, 0) is 40.8 Å². The highest BCUT2D eigenvalue weighted by Crippen LogP contribution is 2.54. The van der Waals surface area contributed by atoms with Crippen LogP contribution in [-0.2, 0) is 4.74 Å². The molecular formula is C14H8F9IO2. The molecule has 1 atom stereocenters. The molecule has 26 heavy (non-hydrogen) atoms. The van der Waals surface area contributed by atoms with E-state index >= 15 is 0 Å². The largest absolute Gasteiger partial charge is 0.457 e. The fourth-order valence-electron chi connectivity index (χ4n) is 1.61. The molecule has 12 heteroatoms. The predicted octanol–water partition coefficient (Wildman–Crippen LogP) is 5.63. The van der Waals surface area contributed by atoms with Crippen molar-refractivity contribution in [3.05, 3.63) is 45.6 Å². The van der Waals surface area contributed by atoms with Crippen LogP contribution in [0, 0.1) is 0 Å². The molecule has 0 saturated heterocycles. The number of carbonyl (C=O) groups excluding carboxylic acids is 1. The molecule has 146 valence electrons. The number of allylic oxidation sites excluding steroid dienone is 1. The lowest BCUT2D eigenvalue weighted by Gasteiger charge is -2.33. The van der Waals surface area contributed by atoms with Gasteiger partial charge < -0.3 is 4.74 Å². The van der Waals surface area contributed by atoms with Crippen molar-refractivity contribution in [3.8, 4) is 0 Å². The number of alkyl halides is 9. The van der Waals surface area contributed by atoms with Gasteiger partial charge in [0.05, 0.1) is 5.56 Å². The number of hydrogen-bond acceptors (Lipinski definition) is 2. The molecule has 0 saturated carbocycles. The Bertz CT molecular complexity index is 667. The number of esters is 1. The lowest BCUT2D eigenvalue weighted by atomic mass is 9.95. The number of rotatable bonds is 5. The molecule has 0 heterocycles. The standard InChI is InChI=1S/C14H8F9IO2/c15-11(13(18,19)20,12(16,17)14(21,22)23)6-9(24)7-26-10(25)8-4-2-1-3-5-8/h1-6H,7H2/b9-6-. The summed E-state index contributed by atoms with van der Waals surface area (Å²) in [5.41, 5.74) is -6.09. The zero-order valence-corrected chi connectivity index (χ0v) is 14.4. The topological polar surface area (TPSA) is 26.3 Å². The summed E-state index contributed by atoms with van der Waals surface area (Å²) in [6.45, 7) is -1.13. The minimum absolute atomic E-state index is 0.0559. The summed E-state index contributed by atoms with van der Waals surface area (Å²) in [5.74, 6) is -7.84. The normalized spacial score (nSPS) is 16.2. The summed E-state index contributed by atoms with van der Waals surface area (Å²) in [6.07, 6.45) is -14.3. The third-order valence-electron chi connectivity index (χ3n) is 2.93. The number of ether oxygens (including phenoxy) is 1. The molecule has 1 aromatic carbocycles. The second-order valence-corrected chi connectivity index (χ2v) is 6.20. The van der Waals surface area contributed by atoms with Crippen LogP contribution in [0.15, 0.2) is 40.0 Å². The Morgan fingerprint density at radius 3 is 1.85 bits per heavy atom. The third-order valence-corrected chi connectivity index (χ3v) is 3.55. The molecule has 0 amide bonds. The fourth-order valence-corrected chi connectivity index (χ4v) is 2.19. The van der Waals surface area contributed by atoms with Gasteiger partial charge in [-0.15, -0.1) is 0 Å². The van der Waals surface area contributed by atoms with E-state index in [9.17, 15) is 44.3 Å². The van der Waals surface area contributed by atoms with Gasteiger partial charge in [0.1, 0.15) is 6.61 Å². The van der Waals surface area contributed by atoms with Crippen molar-refractivity contribution in [2.45, 2.75) is 23.9 Å². The van der Waals surface area contributed by atoms with Crippen molar-refractivity contribution in [2.75, 3.05) is 6.61 Å². The van der Waals surface area contributed by atoms with Crippen molar-refractivity contribution in [3.63, 3.8) is 0 Å². The van der Waals surface area contributed by atoms with E-state index in [0.717, 1.165) is 22.6 Å². The van der Waals surface area contributed by atoms with Gasteiger partial charge in [-0.3, -0.25) is 0 Å². The molecule has 1 aromatic rings. The zero-order chi connectivity index (χ0) is 20.4. The number of hydrogen-bond donors (Lipinski definition) is 0. The van der Waals surface area contributed by atoms with Crippen LogP contribution in [0.3, 0.4) is 0 Å². The van der Waals surface area contributed by atoms with E-state index in [1.807, 2.05) is 0 Å². The fraction of sp³-hybridized carbons (Fsp3) is 0.357. The second kappa shape index (κ2) is 7.64. The Kier molecular flexibility index (Phi) is 6.64. The van der Waals surface area contributed by atoms with Crippen molar-refractivity contribution >= 4 is 28.6 Å². The first kappa shape index (κ1) is 22.6. The van der Waals surface area contributed by atoms with Crippen molar-refractivity contribution in [1.29, 1.82) is 0 Å². The van der Waals surface area contributed by atoms with E-state index in [0.29, 0.717) is 0 Å². The molecule has 0 bridgehead atoms. The van der Waals surface area contributed by atoms with Crippen LogP contribution in [0.1, 0.15) is 10.4 Å². The minimum Gasteiger partial charge on any atom is -0.457 e. The van der Waals surface area contributed by atoms with E-state index in [2.05, 4.69) is 4.74 Å². The van der Waals surface area contributed by atoms with Crippen molar-refractivity contribution in [1.82, 2.24) is 0 Å². The quantitative estimate of drug-likeness (QED) is 0.294. The van der Waals surface area contributed by atoms with Crippen molar-refractivity contribution < 1.29 is 49.0 Å². The lowest BCUT2D eigenvalue weighted by Crippen LogP contribution is -2.61. The van der Waals surface area contributed by atoms with Crippen LogP contribution in [0.25, 0.3) is 0 Å². The molecule has 0 aromatic heterocycles. The van der Waals surface area contributed by atoms with Gasteiger partial charge in [0.25, 0.3) is 5.67 Å². The molecule has 0 spiro atoms. The van der Waals surface area contributed by atoms with Crippen LogP contribution in [0.5, 0.6) is 0 Å². The predicted molar refractivity (Wildman–Crippen MR) is 79.7 cm³/mol. The smallest absolute Gasteiger partial charge is 0.457 e. The molecule has 2 nitrogen and oxygen atoms in total. The highest BCUT2D eigenvalue weighted by molar-refractivity contribution is 14.1. The number of halogens is 10. The first-order chi connectivity index (χ1) is 11.6. The maximum absolute atomic E-state index is 13.9. The Hall–Kier alpha value is -1.47. The average molecular weight is 506 g/mol. The van der Waals surface area contributed by atoms with Crippen LogP contribution in [0.2, 0.25) is 0 Å². The summed E-state index contributed by atoms with van der Waals surface area (Å²) in [4.78, 5) is 11.6. The van der Waals surface area contributed by atoms with Gasteiger partial charge >= 0.3 is 24.2 Å². The number of carbonyl (C=O) groups is 1. The maximum atomic E-state index is 13.9. The molecule has 0 aliphatic rings. The highest BCUT2D eigenvalue weighted by atomic mass is 127. The van der Waals surface area contributed by atoms with Gasteiger partial charge in [0.15, 0.2) is 0 Å². The van der Waals surface area contributed by atoms with Crippen molar-refractivity contribution in [2.24, 2.45) is 0 Å². The molecule has 0 N–H and O–H groups in total. The summed E-state index contributed by atoms with van der Waals surface area (Å²) in [5, 5.41) is 0. The first-order valence-electron chi connectivity index (χ1n) is 6.43.